The Labute approximate surface area is 360 Å². The van der Waals surface area contributed by atoms with Crippen LogP contribution in [0.25, 0.3) is 0 Å². The highest BCUT2D eigenvalue weighted by Crippen LogP contribution is 2.26. The van der Waals surface area contributed by atoms with Gasteiger partial charge in [0.15, 0.2) is 12.6 Å². The van der Waals surface area contributed by atoms with Crippen molar-refractivity contribution in [3.8, 4) is 0 Å². The highest BCUT2D eigenvalue weighted by atomic mass is 16.7. The molecule has 0 amide bonds. The van der Waals surface area contributed by atoms with E-state index in [0.29, 0.717) is 13.0 Å². The standard InChI is InChI=1S/C46H84O14/c1-3-5-7-9-11-12-13-14-15-16-17-18-19-20-21-22-23-25-27-29-38(48)58-35(32-55-30-28-26-24-10-8-6-4-2)33-56-45-44(54)42(52)40(50)37(60-45)34-57-46-43(53)41(51)39(49)36(31-47)59-46/h11-12,14-15,35-37,39-47,49-54H,3-10,13,16-34H2,1-2H3/b12-11-,15-14-. The predicted molar refractivity (Wildman–Crippen MR) is 229 cm³/mol. The van der Waals surface area contributed by atoms with E-state index in [-0.39, 0.29) is 25.6 Å². The van der Waals surface area contributed by atoms with Crippen molar-refractivity contribution in [2.75, 3.05) is 33.0 Å². The number of carbonyl (C=O) groups is 1. The number of hydrogen-bond acceptors (Lipinski definition) is 14. The Morgan fingerprint density at radius 3 is 1.63 bits per heavy atom. The summed E-state index contributed by atoms with van der Waals surface area (Å²) in [5.41, 5.74) is 0. The lowest BCUT2D eigenvalue weighted by molar-refractivity contribution is -0.332. The molecule has 0 bridgehead atoms. The fourth-order valence-electron chi connectivity index (χ4n) is 7.31. The van der Waals surface area contributed by atoms with Crippen molar-refractivity contribution in [1.29, 1.82) is 0 Å². The molecule has 0 aromatic heterocycles. The molecule has 0 aromatic rings. The van der Waals surface area contributed by atoms with Crippen molar-refractivity contribution >= 4 is 5.97 Å². The lowest BCUT2D eigenvalue weighted by Gasteiger charge is -2.42. The van der Waals surface area contributed by atoms with Crippen LogP contribution < -0.4 is 0 Å². The Morgan fingerprint density at radius 1 is 0.550 bits per heavy atom. The number of ether oxygens (including phenoxy) is 6. The number of rotatable bonds is 36. The van der Waals surface area contributed by atoms with Crippen molar-refractivity contribution in [2.45, 2.75) is 229 Å². The Balaban J connectivity index is 1.74. The summed E-state index contributed by atoms with van der Waals surface area (Å²) in [6.45, 7) is 3.61. The first-order valence-electron chi connectivity index (χ1n) is 23.4. The summed E-state index contributed by atoms with van der Waals surface area (Å²) in [5.74, 6) is -0.383. The maximum atomic E-state index is 12.9. The number of unbranched alkanes of at least 4 members (excludes halogenated alkanes) is 18. The molecule has 2 fully saturated rings. The summed E-state index contributed by atoms with van der Waals surface area (Å²) in [5, 5.41) is 71.8. The molecule has 0 aliphatic carbocycles. The molecule has 2 heterocycles. The Hall–Kier alpha value is -1.53. The van der Waals surface area contributed by atoms with Crippen molar-refractivity contribution in [2.24, 2.45) is 0 Å². The molecular formula is C46H84O14. The normalized spacial score (nSPS) is 27.9. The second-order valence-electron chi connectivity index (χ2n) is 16.6. The van der Waals surface area contributed by atoms with Gasteiger partial charge in [0.05, 0.1) is 26.4 Å². The number of allylic oxidation sites excluding steroid dienone is 4. The van der Waals surface area contributed by atoms with E-state index in [1.54, 1.807) is 0 Å². The van der Waals surface area contributed by atoms with E-state index in [9.17, 15) is 40.5 Å². The fourth-order valence-corrected chi connectivity index (χ4v) is 7.31. The van der Waals surface area contributed by atoms with E-state index in [0.717, 1.165) is 51.4 Å². The molecule has 352 valence electrons. The second-order valence-corrected chi connectivity index (χ2v) is 16.6. The number of aliphatic hydroxyl groups excluding tert-OH is 7. The minimum Gasteiger partial charge on any atom is -0.457 e. The van der Waals surface area contributed by atoms with Crippen molar-refractivity contribution in [1.82, 2.24) is 0 Å². The van der Waals surface area contributed by atoms with Gasteiger partial charge in [0.2, 0.25) is 0 Å². The van der Waals surface area contributed by atoms with Gasteiger partial charge in [-0.05, 0) is 44.9 Å². The largest absolute Gasteiger partial charge is 0.457 e. The summed E-state index contributed by atoms with van der Waals surface area (Å²) >= 11 is 0. The molecule has 0 saturated carbocycles. The zero-order chi connectivity index (χ0) is 43.8. The molecule has 0 spiro atoms. The van der Waals surface area contributed by atoms with Gasteiger partial charge >= 0.3 is 5.97 Å². The third kappa shape index (κ3) is 23.2. The van der Waals surface area contributed by atoms with Gasteiger partial charge in [0, 0.05) is 13.0 Å². The molecular weight excluding hydrogens is 776 g/mol. The molecule has 14 heteroatoms. The number of esters is 1. The van der Waals surface area contributed by atoms with E-state index in [1.807, 2.05) is 0 Å². The van der Waals surface area contributed by atoms with Crippen LogP contribution in [0.2, 0.25) is 0 Å². The molecule has 60 heavy (non-hydrogen) atoms. The molecule has 11 atom stereocenters. The van der Waals surface area contributed by atoms with Gasteiger partial charge in [0.25, 0.3) is 0 Å². The van der Waals surface area contributed by atoms with Crippen LogP contribution in [0.3, 0.4) is 0 Å². The fraction of sp³-hybridized carbons (Fsp3) is 0.891. The van der Waals surface area contributed by atoms with Crippen molar-refractivity contribution in [3.05, 3.63) is 24.3 Å². The van der Waals surface area contributed by atoms with Crippen LogP contribution in [-0.4, -0.2) is 142 Å². The first kappa shape index (κ1) is 54.6. The number of hydrogen-bond donors (Lipinski definition) is 7. The van der Waals surface area contributed by atoms with Crippen LogP contribution in [0.15, 0.2) is 24.3 Å². The van der Waals surface area contributed by atoms with Gasteiger partial charge in [-0.25, -0.2) is 0 Å². The summed E-state index contributed by atoms with van der Waals surface area (Å²) in [4.78, 5) is 12.9. The Bertz CT molecular complexity index is 1090. The average molecular weight is 861 g/mol. The molecule has 0 radical (unpaired) electrons. The monoisotopic (exact) mass is 861 g/mol. The zero-order valence-corrected chi connectivity index (χ0v) is 36.9. The van der Waals surface area contributed by atoms with Gasteiger partial charge in [0.1, 0.15) is 54.9 Å². The van der Waals surface area contributed by atoms with Gasteiger partial charge in [-0.2, -0.15) is 0 Å². The van der Waals surface area contributed by atoms with Crippen LogP contribution in [0.5, 0.6) is 0 Å². The van der Waals surface area contributed by atoms with Gasteiger partial charge in [-0.3, -0.25) is 4.79 Å². The lowest BCUT2D eigenvalue weighted by Crippen LogP contribution is -2.61. The van der Waals surface area contributed by atoms with E-state index in [2.05, 4.69) is 38.2 Å². The van der Waals surface area contributed by atoms with Crippen LogP contribution in [0.4, 0.5) is 0 Å². The second kappa shape index (κ2) is 34.9. The van der Waals surface area contributed by atoms with E-state index in [1.165, 1.54) is 83.5 Å². The minimum atomic E-state index is -1.70. The molecule has 2 saturated heterocycles. The summed E-state index contributed by atoms with van der Waals surface area (Å²) in [6, 6.07) is 0. The maximum absolute atomic E-state index is 12.9. The van der Waals surface area contributed by atoms with E-state index >= 15 is 0 Å². The van der Waals surface area contributed by atoms with Crippen LogP contribution >= 0.6 is 0 Å². The molecule has 2 aliphatic rings. The maximum Gasteiger partial charge on any atom is 0.306 e. The molecule has 7 N–H and O–H groups in total. The third-order valence-electron chi connectivity index (χ3n) is 11.2. The van der Waals surface area contributed by atoms with Crippen LogP contribution in [0.1, 0.15) is 162 Å². The van der Waals surface area contributed by atoms with Gasteiger partial charge in [-0.1, -0.05) is 134 Å². The first-order valence-corrected chi connectivity index (χ1v) is 23.4. The zero-order valence-electron chi connectivity index (χ0n) is 36.9. The average Bonchev–Trinajstić information content (AvgIpc) is 3.24. The summed E-state index contributed by atoms with van der Waals surface area (Å²) in [7, 11) is 0. The topological polar surface area (TPSA) is 214 Å². The number of carbonyl (C=O) groups excluding carboxylic acids is 1. The molecule has 14 nitrogen and oxygen atoms in total. The Morgan fingerprint density at radius 2 is 1.03 bits per heavy atom. The van der Waals surface area contributed by atoms with Crippen molar-refractivity contribution in [3.63, 3.8) is 0 Å². The molecule has 0 aromatic carbocycles. The van der Waals surface area contributed by atoms with Crippen molar-refractivity contribution < 1.29 is 69.0 Å². The quantitative estimate of drug-likeness (QED) is 0.0230. The SMILES string of the molecule is CCCCC/C=C\C/C=C\CCCCCCCCCCCC(=O)OC(COCCCCCCCCC)COC1OC(COC2OC(CO)C(O)C(O)C2O)C(O)C(O)C1O. The number of aliphatic hydroxyl groups is 7. The highest BCUT2D eigenvalue weighted by Gasteiger charge is 2.47. The molecule has 2 rings (SSSR count). The Kier molecular flexibility index (Phi) is 31.8. The van der Waals surface area contributed by atoms with E-state index in [4.69, 9.17) is 28.4 Å². The summed E-state index contributed by atoms with van der Waals surface area (Å²) < 4.78 is 34.0. The molecule has 2 aliphatic heterocycles. The minimum absolute atomic E-state index is 0.0615. The first-order chi connectivity index (χ1) is 29.1. The van der Waals surface area contributed by atoms with Gasteiger partial charge in [-0.15, -0.1) is 0 Å². The van der Waals surface area contributed by atoms with E-state index < -0.39 is 80.7 Å². The van der Waals surface area contributed by atoms with Crippen LogP contribution in [-0.2, 0) is 33.2 Å². The smallest absolute Gasteiger partial charge is 0.306 e. The predicted octanol–water partition coefficient (Wildman–Crippen LogP) is 5.68. The lowest BCUT2D eigenvalue weighted by atomic mass is 9.98. The molecule has 11 unspecified atom stereocenters. The summed E-state index contributed by atoms with van der Waals surface area (Å²) in [6.07, 6.45) is 18.4. The third-order valence-corrected chi connectivity index (χ3v) is 11.2. The van der Waals surface area contributed by atoms with Gasteiger partial charge < -0.3 is 64.2 Å². The van der Waals surface area contributed by atoms with Crippen LogP contribution in [0, 0.1) is 0 Å². The highest BCUT2D eigenvalue weighted by molar-refractivity contribution is 5.69.